The lowest BCUT2D eigenvalue weighted by Crippen LogP contribution is -2.39. The molecule has 0 bridgehead atoms. The van der Waals surface area contributed by atoms with Crippen molar-refractivity contribution in [1.82, 2.24) is 4.90 Å². The molecular formula is C28H45N3O2. The zero-order valence-electron chi connectivity index (χ0n) is 21.7. The highest BCUT2D eigenvalue weighted by Crippen LogP contribution is 2.35. The summed E-state index contributed by atoms with van der Waals surface area (Å²) < 4.78 is 0. The Morgan fingerprint density at radius 3 is 2.52 bits per heavy atom. The van der Waals surface area contributed by atoms with Gasteiger partial charge in [-0.15, -0.1) is 0 Å². The molecule has 0 radical (unpaired) electrons. The van der Waals surface area contributed by atoms with Crippen LogP contribution in [0.25, 0.3) is 0 Å². The average molecular weight is 456 g/mol. The number of benzene rings is 1. The zero-order valence-corrected chi connectivity index (χ0v) is 21.7. The van der Waals surface area contributed by atoms with E-state index >= 15 is 0 Å². The first-order valence-electron chi connectivity index (χ1n) is 12.7. The van der Waals surface area contributed by atoms with Gasteiger partial charge in [0.1, 0.15) is 5.84 Å². The van der Waals surface area contributed by atoms with Gasteiger partial charge in [0.2, 0.25) is 5.91 Å². The van der Waals surface area contributed by atoms with Gasteiger partial charge in [0.25, 0.3) is 0 Å². The number of anilines is 1. The molecule has 0 heterocycles. The molecule has 1 aromatic rings. The molecule has 2 N–H and O–H groups in total. The standard InChI is InChI=1S/C28H45N3O2/c1-7-24(12-8-10-20(2)3)31(25-14-15-25)28(29-6)23(11-9-17-32)19-27(33)30-26-16-13-21(4)18-22(26)5/h7,13,16,18,20,23,25,32H,8-12,14-15,17,19H2,1-6H3,(H,30,33)/b24-7-,29-28?. The number of amides is 1. The number of hydrogen-bond acceptors (Lipinski definition) is 3. The second-order valence-corrected chi connectivity index (χ2v) is 9.88. The molecule has 2 rings (SSSR count). The molecule has 1 saturated carbocycles. The summed E-state index contributed by atoms with van der Waals surface area (Å²) in [7, 11) is 1.85. The fraction of sp³-hybridized carbons (Fsp3) is 0.643. The molecule has 1 aliphatic rings. The second-order valence-electron chi connectivity index (χ2n) is 9.88. The van der Waals surface area contributed by atoms with Crippen molar-refractivity contribution in [3.63, 3.8) is 0 Å². The zero-order chi connectivity index (χ0) is 24.4. The molecule has 0 spiro atoms. The van der Waals surface area contributed by atoms with Crippen LogP contribution in [-0.4, -0.2) is 41.4 Å². The summed E-state index contributed by atoms with van der Waals surface area (Å²) in [6.45, 7) is 10.9. The third kappa shape index (κ3) is 8.62. The quantitative estimate of drug-likeness (QED) is 0.273. The van der Waals surface area contributed by atoms with E-state index in [0.29, 0.717) is 24.8 Å². The minimum absolute atomic E-state index is 0.00336. The first-order valence-corrected chi connectivity index (χ1v) is 12.7. The molecule has 33 heavy (non-hydrogen) atoms. The molecule has 1 amide bonds. The van der Waals surface area contributed by atoms with E-state index < -0.39 is 0 Å². The van der Waals surface area contributed by atoms with Crippen molar-refractivity contribution in [3.05, 3.63) is 41.1 Å². The van der Waals surface area contributed by atoms with Crippen molar-refractivity contribution in [3.8, 4) is 0 Å². The number of allylic oxidation sites excluding steroid dienone is 2. The molecule has 1 atom stereocenters. The predicted octanol–water partition coefficient (Wildman–Crippen LogP) is 6.24. The Bertz CT molecular complexity index is 824. The van der Waals surface area contributed by atoms with Crippen molar-refractivity contribution in [2.75, 3.05) is 19.0 Å². The summed E-state index contributed by atoms with van der Waals surface area (Å²) in [6, 6.07) is 6.56. The number of carbonyl (C=O) groups is 1. The highest BCUT2D eigenvalue weighted by molar-refractivity contribution is 5.96. The van der Waals surface area contributed by atoms with Crippen molar-refractivity contribution < 1.29 is 9.90 Å². The van der Waals surface area contributed by atoms with Crippen molar-refractivity contribution in [2.45, 2.75) is 92.0 Å². The van der Waals surface area contributed by atoms with Crippen LogP contribution in [0.1, 0.15) is 83.3 Å². The van der Waals surface area contributed by atoms with E-state index in [2.05, 4.69) is 50.1 Å². The molecule has 1 aliphatic carbocycles. The van der Waals surface area contributed by atoms with Crippen LogP contribution in [0.15, 0.2) is 35.0 Å². The number of aryl methyl sites for hydroxylation is 2. The monoisotopic (exact) mass is 455 g/mol. The number of aliphatic hydroxyl groups is 1. The van der Waals surface area contributed by atoms with Gasteiger partial charge in [-0.05, 0) is 76.8 Å². The number of hydrogen-bond donors (Lipinski definition) is 2. The Balaban J connectivity index is 2.20. The van der Waals surface area contributed by atoms with Crippen LogP contribution in [0.5, 0.6) is 0 Å². The van der Waals surface area contributed by atoms with Crippen LogP contribution >= 0.6 is 0 Å². The minimum Gasteiger partial charge on any atom is -0.396 e. The van der Waals surface area contributed by atoms with Crippen LogP contribution in [0, 0.1) is 25.7 Å². The van der Waals surface area contributed by atoms with Crippen LogP contribution in [0.3, 0.4) is 0 Å². The minimum atomic E-state index is -0.0199. The molecule has 1 aromatic carbocycles. The Labute approximate surface area is 201 Å². The van der Waals surface area contributed by atoms with E-state index in [1.807, 2.05) is 26.1 Å². The topological polar surface area (TPSA) is 64.9 Å². The summed E-state index contributed by atoms with van der Waals surface area (Å²) in [4.78, 5) is 20.2. The van der Waals surface area contributed by atoms with Gasteiger partial charge in [-0.3, -0.25) is 9.79 Å². The maximum Gasteiger partial charge on any atom is 0.225 e. The normalized spacial score (nSPS) is 15.6. The number of nitrogens with zero attached hydrogens (tertiary/aromatic N) is 2. The third-order valence-corrected chi connectivity index (χ3v) is 6.41. The molecule has 1 fully saturated rings. The Kier molecular flexibility index (Phi) is 11.1. The van der Waals surface area contributed by atoms with Gasteiger partial charge in [-0.25, -0.2) is 0 Å². The summed E-state index contributed by atoms with van der Waals surface area (Å²) in [5.41, 5.74) is 4.44. The van der Waals surface area contributed by atoms with Crippen molar-refractivity contribution in [2.24, 2.45) is 16.8 Å². The van der Waals surface area contributed by atoms with Gasteiger partial charge in [-0.2, -0.15) is 0 Å². The number of aliphatic imine (C=N–C) groups is 1. The summed E-state index contributed by atoms with van der Waals surface area (Å²) in [5.74, 6) is 1.68. The molecule has 5 nitrogen and oxygen atoms in total. The second kappa shape index (κ2) is 13.5. The molecule has 184 valence electrons. The van der Waals surface area contributed by atoms with Gasteiger partial charge < -0.3 is 15.3 Å². The summed E-state index contributed by atoms with van der Waals surface area (Å²) in [5, 5.41) is 12.6. The van der Waals surface area contributed by atoms with Crippen LogP contribution in [0.2, 0.25) is 0 Å². The number of amidine groups is 1. The molecule has 5 heteroatoms. The van der Waals surface area contributed by atoms with Crippen molar-refractivity contribution in [1.29, 1.82) is 0 Å². The van der Waals surface area contributed by atoms with Gasteiger partial charge in [0, 0.05) is 43.4 Å². The Morgan fingerprint density at radius 1 is 1.24 bits per heavy atom. The van der Waals surface area contributed by atoms with E-state index in [4.69, 9.17) is 4.99 Å². The van der Waals surface area contributed by atoms with E-state index in [1.54, 1.807) is 0 Å². The lowest BCUT2D eigenvalue weighted by atomic mass is 9.95. The van der Waals surface area contributed by atoms with E-state index in [1.165, 1.54) is 30.5 Å². The fourth-order valence-corrected chi connectivity index (χ4v) is 4.52. The Hall–Kier alpha value is -2.14. The van der Waals surface area contributed by atoms with Crippen LogP contribution < -0.4 is 5.32 Å². The number of carbonyl (C=O) groups excluding carboxylic acids is 1. The molecule has 1 unspecified atom stereocenters. The molecule has 0 saturated heterocycles. The SMILES string of the molecule is C/C=C(/CCCC(C)C)N(C(=NC)C(CCCO)CC(=O)Nc1ccc(C)cc1C)C1CC1. The first kappa shape index (κ1) is 27.1. The predicted molar refractivity (Wildman–Crippen MR) is 140 cm³/mol. The third-order valence-electron chi connectivity index (χ3n) is 6.41. The van der Waals surface area contributed by atoms with E-state index in [9.17, 15) is 9.90 Å². The van der Waals surface area contributed by atoms with Gasteiger partial charge in [0.05, 0.1) is 0 Å². The maximum atomic E-state index is 13.1. The highest BCUT2D eigenvalue weighted by atomic mass is 16.3. The number of aliphatic hydroxyl groups excluding tert-OH is 1. The fourth-order valence-electron chi connectivity index (χ4n) is 4.52. The van der Waals surface area contributed by atoms with E-state index in [0.717, 1.165) is 36.3 Å². The van der Waals surface area contributed by atoms with Gasteiger partial charge >= 0.3 is 0 Å². The highest BCUT2D eigenvalue weighted by Gasteiger charge is 2.36. The van der Waals surface area contributed by atoms with Crippen LogP contribution in [-0.2, 0) is 4.79 Å². The van der Waals surface area contributed by atoms with Gasteiger partial charge in [-0.1, -0.05) is 44.0 Å². The first-order chi connectivity index (χ1) is 15.8. The molecule has 0 aromatic heterocycles. The van der Waals surface area contributed by atoms with Gasteiger partial charge in [0.15, 0.2) is 0 Å². The summed E-state index contributed by atoms with van der Waals surface area (Å²) >= 11 is 0. The maximum absolute atomic E-state index is 13.1. The smallest absolute Gasteiger partial charge is 0.225 e. The molecular weight excluding hydrogens is 410 g/mol. The number of rotatable bonds is 13. The molecule has 0 aliphatic heterocycles. The lowest BCUT2D eigenvalue weighted by Gasteiger charge is -2.33. The average Bonchev–Trinajstić information content (AvgIpc) is 3.60. The Morgan fingerprint density at radius 2 is 1.97 bits per heavy atom. The van der Waals surface area contributed by atoms with Crippen LogP contribution in [0.4, 0.5) is 5.69 Å². The lowest BCUT2D eigenvalue weighted by molar-refractivity contribution is -0.116. The van der Waals surface area contributed by atoms with Crippen molar-refractivity contribution >= 4 is 17.4 Å². The largest absolute Gasteiger partial charge is 0.396 e. The summed E-state index contributed by atoms with van der Waals surface area (Å²) in [6.07, 6.45) is 9.74. The number of nitrogens with one attached hydrogen (secondary N) is 1. The van der Waals surface area contributed by atoms with E-state index in [-0.39, 0.29) is 18.4 Å².